The van der Waals surface area contributed by atoms with Crippen LogP contribution in [-0.2, 0) is 11.2 Å². The number of hydrogen-bond donors (Lipinski definition) is 0. The number of benzene rings is 2. The van der Waals surface area contributed by atoms with Crippen LogP contribution in [0, 0.1) is 6.92 Å². The van der Waals surface area contributed by atoms with Gasteiger partial charge < -0.3 is 9.42 Å². The molecule has 5 nitrogen and oxygen atoms in total. The number of aromatic nitrogens is 2. The molecule has 0 radical (unpaired) electrons. The van der Waals surface area contributed by atoms with Gasteiger partial charge >= 0.3 is 0 Å². The molecule has 0 saturated carbocycles. The average Bonchev–Trinajstić information content (AvgIpc) is 3.33. The van der Waals surface area contributed by atoms with Gasteiger partial charge in [0.25, 0.3) is 0 Å². The van der Waals surface area contributed by atoms with E-state index in [0.29, 0.717) is 18.1 Å². The molecule has 132 valence electrons. The minimum Gasteiger partial charge on any atom is -0.337 e. The molecule has 0 N–H and O–H groups in total. The molecule has 26 heavy (non-hydrogen) atoms. The van der Waals surface area contributed by atoms with E-state index in [9.17, 15) is 4.79 Å². The van der Waals surface area contributed by atoms with Crippen LogP contribution in [0.5, 0.6) is 0 Å². The molecule has 2 heterocycles. The summed E-state index contributed by atoms with van der Waals surface area (Å²) in [5.74, 6) is 1.21. The molecule has 1 amide bonds. The van der Waals surface area contributed by atoms with E-state index in [1.54, 1.807) is 0 Å². The average molecular weight is 347 g/mol. The zero-order valence-corrected chi connectivity index (χ0v) is 14.8. The zero-order chi connectivity index (χ0) is 17.9. The van der Waals surface area contributed by atoms with E-state index in [0.717, 1.165) is 36.1 Å². The number of likely N-dealkylation sites (tertiary alicyclic amines) is 1. The van der Waals surface area contributed by atoms with Gasteiger partial charge in [-0.2, -0.15) is 4.98 Å². The normalized spacial score (nSPS) is 16.8. The van der Waals surface area contributed by atoms with Crippen LogP contribution in [0.25, 0.3) is 11.4 Å². The predicted molar refractivity (Wildman–Crippen MR) is 98.3 cm³/mol. The summed E-state index contributed by atoms with van der Waals surface area (Å²) in [5, 5.41) is 4.10. The molecule has 0 unspecified atom stereocenters. The number of hydrogen-bond acceptors (Lipinski definition) is 4. The van der Waals surface area contributed by atoms with Crippen LogP contribution >= 0.6 is 0 Å². The van der Waals surface area contributed by atoms with E-state index in [4.69, 9.17) is 4.52 Å². The van der Waals surface area contributed by atoms with E-state index < -0.39 is 0 Å². The first-order valence-corrected chi connectivity index (χ1v) is 8.95. The smallest absolute Gasteiger partial charge is 0.249 e. The molecule has 0 aliphatic carbocycles. The standard InChI is InChI=1S/C21H21N3O2/c1-15-8-5-6-11-17(15)14-19(25)24-13-7-12-18(24)21-22-20(23-26-21)16-9-3-2-4-10-16/h2-6,8-11,18H,7,12-14H2,1H3/t18-/m0/s1. The molecule has 1 saturated heterocycles. The Morgan fingerprint density at radius 2 is 1.92 bits per heavy atom. The van der Waals surface area contributed by atoms with Crippen molar-refractivity contribution in [2.45, 2.75) is 32.2 Å². The van der Waals surface area contributed by atoms with Crippen LogP contribution in [0.15, 0.2) is 59.1 Å². The maximum Gasteiger partial charge on any atom is 0.249 e. The number of carbonyl (C=O) groups excluding carboxylic acids is 1. The second-order valence-corrected chi connectivity index (χ2v) is 6.67. The van der Waals surface area contributed by atoms with Crippen LogP contribution < -0.4 is 0 Å². The summed E-state index contributed by atoms with van der Waals surface area (Å²) >= 11 is 0. The van der Waals surface area contributed by atoms with Gasteiger partial charge in [-0.15, -0.1) is 0 Å². The molecule has 2 aromatic carbocycles. The highest BCUT2D eigenvalue weighted by atomic mass is 16.5. The second-order valence-electron chi connectivity index (χ2n) is 6.67. The highest BCUT2D eigenvalue weighted by Crippen LogP contribution is 2.32. The summed E-state index contributed by atoms with van der Waals surface area (Å²) in [4.78, 5) is 19.3. The first kappa shape index (κ1) is 16.5. The SMILES string of the molecule is Cc1ccccc1CC(=O)N1CCC[C@H]1c1nc(-c2ccccc2)no1. The van der Waals surface area contributed by atoms with E-state index >= 15 is 0 Å². The van der Waals surface area contributed by atoms with Crippen molar-refractivity contribution in [3.8, 4) is 11.4 Å². The number of rotatable bonds is 4. The third-order valence-electron chi connectivity index (χ3n) is 4.93. The van der Waals surface area contributed by atoms with Crippen molar-refractivity contribution in [3.63, 3.8) is 0 Å². The molecule has 1 aromatic heterocycles. The lowest BCUT2D eigenvalue weighted by Crippen LogP contribution is -2.32. The quantitative estimate of drug-likeness (QED) is 0.717. The molecular weight excluding hydrogens is 326 g/mol. The third-order valence-corrected chi connectivity index (χ3v) is 4.93. The van der Waals surface area contributed by atoms with Crippen molar-refractivity contribution < 1.29 is 9.32 Å². The van der Waals surface area contributed by atoms with Gasteiger partial charge in [0.1, 0.15) is 6.04 Å². The Bertz CT molecular complexity index is 904. The summed E-state index contributed by atoms with van der Waals surface area (Å²) in [7, 11) is 0. The van der Waals surface area contributed by atoms with Crippen LogP contribution in [0.2, 0.25) is 0 Å². The van der Waals surface area contributed by atoms with Gasteiger partial charge in [-0.1, -0.05) is 59.8 Å². The van der Waals surface area contributed by atoms with Gasteiger partial charge in [-0.05, 0) is 30.9 Å². The van der Waals surface area contributed by atoms with Gasteiger partial charge in [0, 0.05) is 12.1 Å². The highest BCUT2D eigenvalue weighted by molar-refractivity contribution is 5.79. The van der Waals surface area contributed by atoms with Crippen LogP contribution in [0.4, 0.5) is 0 Å². The van der Waals surface area contributed by atoms with Gasteiger partial charge in [-0.3, -0.25) is 4.79 Å². The molecule has 1 fully saturated rings. The molecule has 0 spiro atoms. The highest BCUT2D eigenvalue weighted by Gasteiger charge is 2.34. The Balaban J connectivity index is 1.53. The van der Waals surface area contributed by atoms with Crippen LogP contribution in [0.1, 0.15) is 35.9 Å². The summed E-state index contributed by atoms with van der Waals surface area (Å²) in [5.41, 5.74) is 3.12. The lowest BCUT2D eigenvalue weighted by Gasteiger charge is -2.22. The van der Waals surface area contributed by atoms with Gasteiger partial charge in [0.2, 0.25) is 17.6 Å². The maximum absolute atomic E-state index is 12.9. The summed E-state index contributed by atoms with van der Waals surface area (Å²) < 4.78 is 5.50. The van der Waals surface area contributed by atoms with E-state index in [1.165, 1.54) is 0 Å². The Kier molecular flexibility index (Phi) is 4.52. The minimum absolute atomic E-state index is 0.112. The number of nitrogens with zero attached hydrogens (tertiary/aromatic N) is 3. The monoisotopic (exact) mass is 347 g/mol. The Labute approximate surface area is 152 Å². The fraction of sp³-hybridized carbons (Fsp3) is 0.286. The van der Waals surface area contributed by atoms with Gasteiger partial charge in [0.05, 0.1) is 6.42 Å². The van der Waals surface area contributed by atoms with Crippen molar-refractivity contribution in [1.29, 1.82) is 0 Å². The van der Waals surface area contributed by atoms with Crippen LogP contribution in [-0.4, -0.2) is 27.5 Å². The van der Waals surface area contributed by atoms with Crippen LogP contribution in [0.3, 0.4) is 0 Å². The largest absolute Gasteiger partial charge is 0.337 e. The van der Waals surface area contributed by atoms with Gasteiger partial charge in [-0.25, -0.2) is 0 Å². The Morgan fingerprint density at radius 3 is 2.73 bits per heavy atom. The maximum atomic E-state index is 12.9. The van der Waals surface area contributed by atoms with Gasteiger partial charge in [0.15, 0.2) is 0 Å². The van der Waals surface area contributed by atoms with E-state index in [1.807, 2.05) is 66.4 Å². The summed E-state index contributed by atoms with van der Waals surface area (Å²) in [6.45, 7) is 2.77. The Hall–Kier alpha value is -2.95. The molecule has 4 rings (SSSR count). The van der Waals surface area contributed by atoms with E-state index in [2.05, 4.69) is 10.1 Å². The molecule has 1 aliphatic heterocycles. The van der Waals surface area contributed by atoms with Crippen molar-refractivity contribution in [2.75, 3.05) is 6.54 Å². The summed E-state index contributed by atoms with van der Waals surface area (Å²) in [6, 6.07) is 17.6. The lowest BCUT2D eigenvalue weighted by atomic mass is 10.1. The summed E-state index contributed by atoms with van der Waals surface area (Å²) in [6.07, 6.45) is 2.21. The predicted octanol–water partition coefficient (Wildman–Crippen LogP) is 3.95. The zero-order valence-electron chi connectivity index (χ0n) is 14.8. The van der Waals surface area contributed by atoms with Crippen molar-refractivity contribution in [1.82, 2.24) is 15.0 Å². The molecule has 3 aromatic rings. The number of amides is 1. The first-order valence-electron chi connectivity index (χ1n) is 8.95. The second kappa shape index (κ2) is 7.12. The topological polar surface area (TPSA) is 59.2 Å². The molecule has 5 heteroatoms. The molecule has 1 aliphatic rings. The van der Waals surface area contributed by atoms with E-state index in [-0.39, 0.29) is 11.9 Å². The van der Waals surface area contributed by atoms with Crippen molar-refractivity contribution in [2.24, 2.45) is 0 Å². The lowest BCUT2D eigenvalue weighted by molar-refractivity contribution is -0.131. The first-order chi connectivity index (χ1) is 12.7. The molecule has 0 bridgehead atoms. The third kappa shape index (κ3) is 3.25. The molecule has 1 atom stereocenters. The van der Waals surface area contributed by atoms with Crippen molar-refractivity contribution in [3.05, 3.63) is 71.6 Å². The number of aryl methyl sites for hydroxylation is 1. The fourth-order valence-corrected chi connectivity index (χ4v) is 3.47. The fourth-order valence-electron chi connectivity index (χ4n) is 3.47. The minimum atomic E-state index is -0.128. The number of carbonyl (C=O) groups is 1. The Morgan fingerprint density at radius 1 is 1.15 bits per heavy atom. The molecular formula is C21H21N3O2. The van der Waals surface area contributed by atoms with Crippen molar-refractivity contribution >= 4 is 5.91 Å².